The Hall–Kier alpha value is -2.68. The van der Waals surface area contributed by atoms with Crippen molar-refractivity contribution < 1.29 is 19.1 Å². The van der Waals surface area contributed by atoms with Gasteiger partial charge in [0.2, 0.25) is 23.7 Å². The third-order valence-corrected chi connectivity index (χ3v) is 5.02. The van der Waals surface area contributed by atoms with E-state index in [2.05, 4.69) is 20.8 Å². The zero-order valence-electron chi connectivity index (χ0n) is 14.7. The van der Waals surface area contributed by atoms with Crippen molar-refractivity contribution in [3.63, 3.8) is 0 Å². The highest BCUT2D eigenvalue weighted by atomic mass is 32.1. The van der Waals surface area contributed by atoms with Gasteiger partial charge >= 0.3 is 0 Å². The number of nitrogens with zero attached hydrogens (tertiary/aromatic N) is 2. The number of aromatic nitrogens is 2. The Balaban J connectivity index is 1.73. The van der Waals surface area contributed by atoms with Crippen LogP contribution in [-0.2, 0) is 9.59 Å². The van der Waals surface area contributed by atoms with Gasteiger partial charge in [-0.2, -0.15) is 0 Å². The molecule has 2 unspecified atom stereocenters. The molecule has 1 aromatic heterocycles. The van der Waals surface area contributed by atoms with E-state index in [0.29, 0.717) is 21.6 Å². The van der Waals surface area contributed by atoms with Crippen LogP contribution in [0.5, 0.6) is 11.5 Å². The molecule has 1 aromatic carbocycles. The average Bonchev–Trinajstić information content (AvgIpc) is 3.27. The van der Waals surface area contributed by atoms with E-state index in [1.54, 1.807) is 0 Å². The first-order valence-electron chi connectivity index (χ1n) is 8.29. The van der Waals surface area contributed by atoms with Crippen molar-refractivity contribution in [3.05, 3.63) is 18.2 Å². The second kappa shape index (κ2) is 7.69. The number of hydrogen-bond donors (Lipinski definition) is 2. The highest BCUT2D eigenvalue weighted by Crippen LogP contribution is 2.37. The van der Waals surface area contributed by atoms with E-state index < -0.39 is 6.04 Å². The van der Waals surface area contributed by atoms with Crippen LogP contribution in [0.4, 0.5) is 5.13 Å². The third kappa shape index (κ3) is 3.93. The fraction of sp³-hybridized carbons (Fsp3) is 0.412. The largest absolute Gasteiger partial charge is 0.454 e. The Bertz CT molecular complexity index is 823. The molecule has 2 amide bonds. The first-order chi connectivity index (χ1) is 12.5. The van der Waals surface area contributed by atoms with Crippen molar-refractivity contribution in [1.82, 2.24) is 15.5 Å². The SMILES string of the molecule is CCC(C)C(NC(C)=O)C(=O)Nc1nnc(-c2ccc3c(c2)OCO3)s1. The first-order valence-corrected chi connectivity index (χ1v) is 9.11. The van der Waals surface area contributed by atoms with Gasteiger partial charge in [0.15, 0.2) is 11.5 Å². The van der Waals surface area contributed by atoms with Gasteiger partial charge in [-0.1, -0.05) is 31.6 Å². The summed E-state index contributed by atoms with van der Waals surface area (Å²) in [4.78, 5) is 23.9. The monoisotopic (exact) mass is 376 g/mol. The molecule has 0 radical (unpaired) electrons. The number of benzene rings is 1. The van der Waals surface area contributed by atoms with Crippen LogP contribution in [0.25, 0.3) is 10.6 Å². The summed E-state index contributed by atoms with van der Waals surface area (Å²) in [6.07, 6.45) is 0.761. The minimum Gasteiger partial charge on any atom is -0.454 e. The lowest BCUT2D eigenvalue weighted by Gasteiger charge is -2.22. The van der Waals surface area contributed by atoms with Gasteiger partial charge < -0.3 is 14.8 Å². The van der Waals surface area contributed by atoms with Gasteiger partial charge in [0.05, 0.1) is 0 Å². The van der Waals surface area contributed by atoms with Crippen LogP contribution in [0.15, 0.2) is 18.2 Å². The third-order valence-electron chi connectivity index (χ3n) is 4.13. The molecule has 2 aromatic rings. The topological polar surface area (TPSA) is 102 Å². The minimum atomic E-state index is -0.615. The molecule has 3 rings (SSSR count). The molecule has 2 heterocycles. The molecule has 0 aliphatic carbocycles. The van der Waals surface area contributed by atoms with Gasteiger partial charge in [0.25, 0.3) is 0 Å². The normalized spacial score (nSPS) is 14.6. The van der Waals surface area contributed by atoms with Crippen molar-refractivity contribution in [2.24, 2.45) is 5.92 Å². The second-order valence-corrected chi connectivity index (χ2v) is 7.01. The van der Waals surface area contributed by atoms with Crippen molar-refractivity contribution >= 4 is 28.3 Å². The highest BCUT2D eigenvalue weighted by molar-refractivity contribution is 7.18. The van der Waals surface area contributed by atoms with Crippen LogP contribution >= 0.6 is 11.3 Å². The lowest BCUT2D eigenvalue weighted by atomic mass is 9.98. The molecule has 26 heavy (non-hydrogen) atoms. The number of hydrogen-bond acceptors (Lipinski definition) is 7. The van der Waals surface area contributed by atoms with E-state index in [4.69, 9.17) is 9.47 Å². The van der Waals surface area contributed by atoms with E-state index >= 15 is 0 Å². The number of amides is 2. The summed E-state index contributed by atoms with van der Waals surface area (Å²) in [5.74, 6) is 0.802. The van der Waals surface area contributed by atoms with Gasteiger partial charge in [-0.15, -0.1) is 10.2 Å². The molecule has 0 saturated carbocycles. The summed E-state index contributed by atoms with van der Waals surface area (Å²) in [5.41, 5.74) is 0.826. The van der Waals surface area contributed by atoms with Crippen LogP contribution < -0.4 is 20.1 Å². The predicted octanol–water partition coefficient (Wildman–Crippen LogP) is 2.42. The minimum absolute atomic E-state index is 0.000140. The van der Waals surface area contributed by atoms with Crippen LogP contribution in [-0.4, -0.2) is 34.8 Å². The highest BCUT2D eigenvalue weighted by Gasteiger charge is 2.26. The molecule has 1 aliphatic rings. The average molecular weight is 376 g/mol. The van der Waals surface area contributed by atoms with E-state index in [0.717, 1.165) is 12.0 Å². The number of carbonyl (C=O) groups is 2. The maximum Gasteiger partial charge on any atom is 0.249 e. The second-order valence-electron chi connectivity index (χ2n) is 6.03. The smallest absolute Gasteiger partial charge is 0.249 e. The molecule has 8 nitrogen and oxygen atoms in total. The Morgan fingerprint density at radius 3 is 2.77 bits per heavy atom. The summed E-state index contributed by atoms with van der Waals surface area (Å²) in [6, 6.07) is 4.88. The molecular formula is C17H20N4O4S. The number of fused-ring (bicyclic) bond motifs is 1. The van der Waals surface area contributed by atoms with Crippen LogP contribution in [0.1, 0.15) is 27.2 Å². The van der Waals surface area contributed by atoms with Crippen molar-refractivity contribution in [2.75, 3.05) is 12.1 Å². The number of carbonyl (C=O) groups excluding carboxylic acids is 2. The van der Waals surface area contributed by atoms with Crippen LogP contribution in [0.2, 0.25) is 0 Å². The van der Waals surface area contributed by atoms with Crippen molar-refractivity contribution in [2.45, 2.75) is 33.2 Å². The summed E-state index contributed by atoms with van der Waals surface area (Å²) in [7, 11) is 0. The molecule has 0 saturated heterocycles. The van der Waals surface area contributed by atoms with Crippen LogP contribution in [0, 0.1) is 5.92 Å². The Labute approximate surface area is 154 Å². The van der Waals surface area contributed by atoms with Gasteiger partial charge in [-0.25, -0.2) is 0 Å². The molecule has 138 valence electrons. The molecule has 0 bridgehead atoms. The molecule has 2 atom stereocenters. The zero-order chi connectivity index (χ0) is 18.7. The first kappa shape index (κ1) is 18.1. The number of nitrogens with one attached hydrogen (secondary N) is 2. The number of rotatable bonds is 6. The van der Waals surface area contributed by atoms with Gasteiger partial charge in [-0.3, -0.25) is 14.9 Å². The molecule has 1 aliphatic heterocycles. The van der Waals surface area contributed by atoms with Crippen molar-refractivity contribution in [3.8, 4) is 22.1 Å². The van der Waals surface area contributed by atoms with Gasteiger partial charge in [0, 0.05) is 12.5 Å². The van der Waals surface area contributed by atoms with E-state index in [9.17, 15) is 9.59 Å². The summed E-state index contributed by atoms with van der Waals surface area (Å²) in [5, 5.41) is 14.6. The predicted molar refractivity (Wildman–Crippen MR) is 97.2 cm³/mol. The quantitative estimate of drug-likeness (QED) is 0.803. The van der Waals surface area contributed by atoms with E-state index in [-0.39, 0.29) is 24.5 Å². The molecule has 0 fully saturated rings. The molecular weight excluding hydrogens is 356 g/mol. The van der Waals surface area contributed by atoms with E-state index in [1.807, 2.05) is 32.0 Å². The zero-order valence-corrected chi connectivity index (χ0v) is 15.6. The summed E-state index contributed by atoms with van der Waals surface area (Å²) >= 11 is 1.25. The summed E-state index contributed by atoms with van der Waals surface area (Å²) in [6.45, 7) is 5.48. The van der Waals surface area contributed by atoms with Crippen molar-refractivity contribution in [1.29, 1.82) is 0 Å². The fourth-order valence-electron chi connectivity index (χ4n) is 2.52. The Kier molecular flexibility index (Phi) is 5.36. The maximum absolute atomic E-state index is 12.5. The maximum atomic E-state index is 12.5. The molecule has 2 N–H and O–H groups in total. The Morgan fingerprint density at radius 2 is 2.04 bits per heavy atom. The van der Waals surface area contributed by atoms with Gasteiger partial charge in [0.1, 0.15) is 11.0 Å². The van der Waals surface area contributed by atoms with E-state index in [1.165, 1.54) is 18.3 Å². The van der Waals surface area contributed by atoms with Crippen LogP contribution in [0.3, 0.4) is 0 Å². The number of ether oxygens (including phenoxy) is 2. The molecule has 0 spiro atoms. The lowest BCUT2D eigenvalue weighted by molar-refractivity contribution is -0.126. The fourth-order valence-corrected chi connectivity index (χ4v) is 3.27. The Morgan fingerprint density at radius 1 is 1.27 bits per heavy atom. The number of anilines is 1. The summed E-state index contributed by atoms with van der Waals surface area (Å²) < 4.78 is 10.7. The lowest BCUT2D eigenvalue weighted by Crippen LogP contribution is -2.46. The van der Waals surface area contributed by atoms with Gasteiger partial charge in [-0.05, 0) is 24.1 Å². The molecule has 9 heteroatoms. The standard InChI is InChI=1S/C17H20N4O4S/c1-4-9(2)14(18-10(3)22)15(23)19-17-21-20-16(26-17)11-5-6-12-13(7-11)25-8-24-12/h5-7,9,14H,4,8H2,1-3H3,(H,18,22)(H,19,21,23).